The number of nitrogens with zero attached hydrogens (tertiary/aromatic N) is 1. The highest BCUT2D eigenvalue weighted by atomic mass is 16.5. The summed E-state index contributed by atoms with van der Waals surface area (Å²) in [6.07, 6.45) is 20.9. The lowest BCUT2D eigenvalue weighted by Crippen LogP contribution is -2.54. The molecule has 1 N–H and O–H groups in total. The zero-order valence-corrected chi connectivity index (χ0v) is 23.7. The Morgan fingerprint density at radius 2 is 1.22 bits per heavy atom. The Labute approximate surface area is 221 Å². The fraction of sp³-hybridized carbons (Fsp3) is 0.742. The largest absolute Gasteiger partial charge is 0.425 e. The molecule has 206 valence electrons. The minimum absolute atomic E-state index is 0.0240. The van der Waals surface area contributed by atoms with Crippen LogP contribution >= 0.6 is 0 Å². The maximum Gasteiger partial charge on any atom is 0.330 e. The number of hydrogen-bond donors (Lipinski definition) is 1. The van der Waals surface area contributed by atoms with Gasteiger partial charge in [0.1, 0.15) is 11.8 Å². The number of esters is 1. The van der Waals surface area contributed by atoms with Gasteiger partial charge in [-0.25, -0.2) is 4.79 Å². The van der Waals surface area contributed by atoms with Crippen molar-refractivity contribution in [2.45, 2.75) is 135 Å². The molecule has 2 unspecified atom stereocenters. The summed E-state index contributed by atoms with van der Waals surface area (Å²) < 4.78 is 5.56. The zero-order chi connectivity index (χ0) is 26.4. The summed E-state index contributed by atoms with van der Waals surface area (Å²) in [6, 6.07) is 8.28. The average Bonchev–Trinajstić information content (AvgIpc) is 2.86. The summed E-state index contributed by atoms with van der Waals surface area (Å²) in [6.45, 7) is 4.26. The molecular weight excluding hydrogens is 448 g/mol. The number of carbonyl (C=O) groups is 2. The van der Waals surface area contributed by atoms with Crippen molar-refractivity contribution in [3.8, 4) is 5.75 Å². The lowest BCUT2D eigenvalue weighted by atomic mass is 10.0. The van der Waals surface area contributed by atoms with E-state index in [1.165, 1.54) is 83.5 Å². The first-order valence-corrected chi connectivity index (χ1v) is 14.7. The second-order valence-electron chi connectivity index (χ2n) is 10.4. The van der Waals surface area contributed by atoms with Gasteiger partial charge < -0.3 is 10.1 Å². The van der Waals surface area contributed by atoms with Gasteiger partial charge in [0, 0.05) is 6.42 Å². The van der Waals surface area contributed by atoms with E-state index in [1.54, 1.807) is 12.1 Å². The molecule has 1 aromatic rings. The number of rotatable bonds is 22. The first-order chi connectivity index (χ1) is 17.5. The Morgan fingerprint density at radius 3 is 1.67 bits per heavy atom. The first kappa shape index (κ1) is 32.1. The lowest BCUT2D eigenvalue weighted by molar-refractivity contribution is -0.141. The Bertz CT molecular complexity index is 678. The quantitative estimate of drug-likeness (QED) is 0.100. The number of para-hydroxylation sites is 1. The predicted octanol–water partition coefficient (Wildman–Crippen LogP) is 7.68. The van der Waals surface area contributed by atoms with E-state index < -0.39 is 6.04 Å². The van der Waals surface area contributed by atoms with Crippen LogP contribution < -0.4 is 10.1 Å². The van der Waals surface area contributed by atoms with Crippen molar-refractivity contribution in [3.05, 3.63) is 30.3 Å². The van der Waals surface area contributed by atoms with Crippen molar-refractivity contribution in [3.63, 3.8) is 0 Å². The van der Waals surface area contributed by atoms with E-state index >= 15 is 0 Å². The zero-order valence-electron chi connectivity index (χ0n) is 23.7. The lowest BCUT2D eigenvalue weighted by Gasteiger charge is -2.30. The summed E-state index contributed by atoms with van der Waals surface area (Å²) in [5.74, 6) is 0.203. The van der Waals surface area contributed by atoms with Gasteiger partial charge in [-0.3, -0.25) is 9.69 Å². The Morgan fingerprint density at radius 1 is 0.750 bits per heavy atom. The molecule has 36 heavy (non-hydrogen) atoms. The van der Waals surface area contributed by atoms with Crippen LogP contribution in [0.2, 0.25) is 0 Å². The van der Waals surface area contributed by atoms with E-state index in [0.29, 0.717) is 18.6 Å². The summed E-state index contributed by atoms with van der Waals surface area (Å²) in [5.41, 5.74) is 0. The van der Waals surface area contributed by atoms with Crippen LogP contribution in [0.3, 0.4) is 0 Å². The van der Waals surface area contributed by atoms with E-state index in [4.69, 9.17) is 4.74 Å². The van der Waals surface area contributed by atoms with E-state index in [9.17, 15) is 9.59 Å². The third kappa shape index (κ3) is 15.3. The minimum atomic E-state index is -0.528. The smallest absolute Gasteiger partial charge is 0.330 e. The molecule has 0 aliphatic rings. The van der Waals surface area contributed by atoms with Crippen molar-refractivity contribution in [2.24, 2.45) is 0 Å². The molecule has 0 aliphatic carbocycles. The molecule has 1 rings (SSSR count). The summed E-state index contributed by atoms with van der Waals surface area (Å²) in [4.78, 5) is 27.2. The van der Waals surface area contributed by atoms with E-state index in [1.807, 2.05) is 44.1 Å². The van der Waals surface area contributed by atoms with Gasteiger partial charge in [0.15, 0.2) is 0 Å². The van der Waals surface area contributed by atoms with E-state index in [0.717, 1.165) is 12.8 Å². The van der Waals surface area contributed by atoms with Gasteiger partial charge >= 0.3 is 5.97 Å². The van der Waals surface area contributed by atoms with E-state index in [2.05, 4.69) is 12.2 Å². The number of amides is 1. The highest BCUT2D eigenvalue weighted by Crippen LogP contribution is 2.15. The molecule has 0 spiro atoms. The summed E-state index contributed by atoms with van der Waals surface area (Å²) >= 11 is 0. The molecule has 0 radical (unpaired) electrons. The van der Waals surface area contributed by atoms with Crippen LogP contribution in [-0.4, -0.2) is 43.0 Å². The standard InChI is InChI=1S/C31H54N2O3/c1-5-7-8-9-10-11-12-13-14-15-16-17-18-19-23-26-29(34)32-28(6-2)30(33(3)4)31(35)36-27-24-21-20-22-25-27/h20-22,24-25,28,30H,5-19,23,26H2,1-4H3,(H,32,34). The topological polar surface area (TPSA) is 58.6 Å². The summed E-state index contributed by atoms with van der Waals surface area (Å²) in [7, 11) is 3.70. The maximum absolute atomic E-state index is 12.8. The molecule has 0 fully saturated rings. The molecule has 0 saturated heterocycles. The van der Waals surface area contributed by atoms with Crippen LogP contribution in [0.5, 0.6) is 5.75 Å². The van der Waals surface area contributed by atoms with Crippen LogP contribution in [0.25, 0.3) is 0 Å². The number of benzene rings is 1. The number of hydrogen-bond acceptors (Lipinski definition) is 4. The van der Waals surface area contributed by atoms with Gasteiger partial charge in [0.2, 0.25) is 5.91 Å². The highest BCUT2D eigenvalue weighted by molar-refractivity contribution is 5.81. The Balaban J connectivity index is 2.15. The van der Waals surface area contributed by atoms with Gasteiger partial charge in [-0.15, -0.1) is 0 Å². The van der Waals surface area contributed by atoms with Crippen LogP contribution in [0.4, 0.5) is 0 Å². The minimum Gasteiger partial charge on any atom is -0.425 e. The molecule has 5 nitrogen and oxygen atoms in total. The van der Waals surface area contributed by atoms with Crippen molar-refractivity contribution in [1.82, 2.24) is 10.2 Å². The number of unbranched alkanes of at least 4 members (excludes halogenated alkanes) is 14. The van der Waals surface area contributed by atoms with Gasteiger partial charge in [0.25, 0.3) is 0 Å². The second kappa shape index (κ2) is 21.2. The Kier molecular flexibility index (Phi) is 19.0. The predicted molar refractivity (Wildman–Crippen MR) is 151 cm³/mol. The highest BCUT2D eigenvalue weighted by Gasteiger charge is 2.32. The average molecular weight is 503 g/mol. The fourth-order valence-corrected chi connectivity index (χ4v) is 4.74. The van der Waals surface area contributed by atoms with Crippen LogP contribution in [0, 0.1) is 0 Å². The monoisotopic (exact) mass is 502 g/mol. The van der Waals surface area contributed by atoms with Crippen LogP contribution in [0.15, 0.2) is 30.3 Å². The normalized spacial score (nSPS) is 12.9. The Hall–Kier alpha value is -1.88. The van der Waals surface area contributed by atoms with Gasteiger partial charge in [0.05, 0.1) is 6.04 Å². The molecule has 0 heterocycles. The molecule has 2 atom stereocenters. The number of nitrogens with one attached hydrogen (secondary N) is 1. The SMILES string of the molecule is CCCCCCCCCCCCCCCCCC(=O)NC(CC)C(C(=O)Oc1ccccc1)N(C)C. The molecule has 0 bridgehead atoms. The molecule has 0 aromatic heterocycles. The number of ether oxygens (including phenoxy) is 1. The third-order valence-electron chi connectivity index (χ3n) is 6.93. The van der Waals surface area contributed by atoms with Crippen LogP contribution in [0.1, 0.15) is 123 Å². The second-order valence-corrected chi connectivity index (χ2v) is 10.4. The molecule has 0 aliphatic heterocycles. The number of likely N-dealkylation sites (N-methyl/N-ethyl adjacent to an activating group) is 1. The van der Waals surface area contributed by atoms with Crippen molar-refractivity contribution in [2.75, 3.05) is 14.1 Å². The van der Waals surface area contributed by atoms with Gasteiger partial charge in [-0.2, -0.15) is 0 Å². The van der Waals surface area contributed by atoms with Crippen molar-refractivity contribution in [1.29, 1.82) is 0 Å². The van der Waals surface area contributed by atoms with Crippen molar-refractivity contribution >= 4 is 11.9 Å². The molecule has 0 saturated carbocycles. The molecule has 1 amide bonds. The molecular formula is C31H54N2O3. The van der Waals surface area contributed by atoms with Gasteiger partial charge in [-0.05, 0) is 39.1 Å². The molecule has 5 heteroatoms. The third-order valence-corrected chi connectivity index (χ3v) is 6.93. The van der Waals surface area contributed by atoms with Crippen LogP contribution in [-0.2, 0) is 9.59 Å². The molecule has 1 aromatic carbocycles. The maximum atomic E-state index is 12.8. The fourth-order valence-electron chi connectivity index (χ4n) is 4.74. The van der Waals surface area contributed by atoms with Gasteiger partial charge in [-0.1, -0.05) is 122 Å². The van der Waals surface area contributed by atoms with Crippen molar-refractivity contribution < 1.29 is 14.3 Å². The number of carbonyl (C=O) groups excluding carboxylic acids is 2. The van der Waals surface area contributed by atoms with E-state index in [-0.39, 0.29) is 17.9 Å². The summed E-state index contributed by atoms with van der Waals surface area (Å²) in [5, 5.41) is 3.08. The first-order valence-electron chi connectivity index (χ1n) is 14.7.